The van der Waals surface area contributed by atoms with Gasteiger partial charge in [-0.1, -0.05) is 0 Å². The largest absolute Gasteiger partial charge is 0.381 e. The van der Waals surface area contributed by atoms with E-state index in [-0.39, 0.29) is 23.3 Å². The van der Waals surface area contributed by atoms with Gasteiger partial charge >= 0.3 is 0 Å². The number of benzene rings is 1. The minimum absolute atomic E-state index is 0.138. The number of aromatic nitrogens is 2. The first-order chi connectivity index (χ1) is 15.5. The third-order valence-electron chi connectivity index (χ3n) is 6.46. The molecular formula is C23H29FN6O2. The minimum Gasteiger partial charge on any atom is -0.381 e. The number of halogens is 1. The summed E-state index contributed by atoms with van der Waals surface area (Å²) < 4.78 is 20.3. The predicted octanol–water partition coefficient (Wildman–Crippen LogP) is 3.07. The van der Waals surface area contributed by atoms with Crippen molar-refractivity contribution < 1.29 is 13.9 Å². The fourth-order valence-electron chi connectivity index (χ4n) is 4.56. The lowest BCUT2D eigenvalue weighted by Crippen LogP contribution is -2.42. The molecule has 1 amide bonds. The molecule has 0 saturated carbocycles. The summed E-state index contributed by atoms with van der Waals surface area (Å²) in [4.78, 5) is 14.3. The van der Waals surface area contributed by atoms with E-state index in [0.29, 0.717) is 24.0 Å². The quantitative estimate of drug-likeness (QED) is 0.685. The number of nitrogens with one attached hydrogen (secondary N) is 1. The number of piperidine rings is 1. The highest BCUT2D eigenvalue weighted by molar-refractivity contribution is 5.98. The maximum atomic E-state index is 13.2. The van der Waals surface area contributed by atoms with Crippen molar-refractivity contribution in [2.24, 2.45) is 17.6 Å². The van der Waals surface area contributed by atoms with E-state index < -0.39 is 5.91 Å². The summed E-state index contributed by atoms with van der Waals surface area (Å²) in [6.07, 6.45) is 5.74. The van der Waals surface area contributed by atoms with Gasteiger partial charge in [-0.15, -0.1) is 0 Å². The smallest absolute Gasteiger partial charge is 0.254 e. The molecule has 3 heterocycles. The van der Waals surface area contributed by atoms with E-state index in [1.165, 1.54) is 12.1 Å². The number of hydrogen-bond donors (Lipinski definition) is 2. The topological polar surface area (TPSA) is 109 Å². The van der Waals surface area contributed by atoms with Crippen molar-refractivity contribution in [2.75, 3.05) is 38.2 Å². The first-order valence-corrected chi connectivity index (χ1v) is 11.1. The number of primary amides is 1. The molecule has 9 heteroatoms. The molecule has 32 heavy (non-hydrogen) atoms. The number of carbonyl (C=O) groups is 1. The van der Waals surface area contributed by atoms with Gasteiger partial charge in [0.25, 0.3) is 5.91 Å². The zero-order valence-electron chi connectivity index (χ0n) is 18.0. The summed E-state index contributed by atoms with van der Waals surface area (Å²) in [6, 6.07) is 8.07. The van der Waals surface area contributed by atoms with Gasteiger partial charge in [-0.3, -0.25) is 9.48 Å². The summed E-state index contributed by atoms with van der Waals surface area (Å²) >= 11 is 0. The molecular weight excluding hydrogens is 411 g/mol. The second-order valence-electron chi connectivity index (χ2n) is 8.60. The molecule has 2 atom stereocenters. The van der Waals surface area contributed by atoms with Crippen LogP contribution >= 0.6 is 0 Å². The first-order valence-electron chi connectivity index (χ1n) is 11.1. The molecule has 8 nitrogen and oxygen atoms in total. The number of amides is 1. The molecule has 0 spiro atoms. The number of ether oxygens (including phenoxy) is 1. The fraction of sp³-hybridized carbons (Fsp3) is 0.522. The number of nitriles is 1. The molecule has 2 unspecified atom stereocenters. The number of rotatable bonds is 7. The fourth-order valence-corrected chi connectivity index (χ4v) is 4.56. The van der Waals surface area contributed by atoms with E-state index in [0.717, 1.165) is 52.0 Å². The van der Waals surface area contributed by atoms with E-state index in [1.807, 2.05) is 0 Å². The zero-order chi connectivity index (χ0) is 22.5. The number of hydrogen-bond acceptors (Lipinski definition) is 6. The van der Waals surface area contributed by atoms with Crippen LogP contribution in [0.2, 0.25) is 0 Å². The Morgan fingerprint density at radius 3 is 2.72 bits per heavy atom. The van der Waals surface area contributed by atoms with Crippen molar-refractivity contribution in [2.45, 2.75) is 31.7 Å². The molecule has 4 rings (SSSR count). The van der Waals surface area contributed by atoms with Crippen LogP contribution in [-0.4, -0.2) is 53.4 Å². The molecule has 0 radical (unpaired) electrons. The van der Waals surface area contributed by atoms with Crippen molar-refractivity contribution in [1.82, 2.24) is 14.7 Å². The minimum atomic E-state index is -0.608. The lowest BCUT2D eigenvalue weighted by Gasteiger charge is -2.36. The number of nitrogens with zero attached hydrogens (tertiary/aromatic N) is 4. The summed E-state index contributed by atoms with van der Waals surface area (Å²) in [5.74, 6) is -0.188. The monoisotopic (exact) mass is 440 g/mol. The maximum absolute atomic E-state index is 13.2. The van der Waals surface area contributed by atoms with Crippen LogP contribution in [0, 0.1) is 29.0 Å². The van der Waals surface area contributed by atoms with Gasteiger partial charge < -0.3 is 20.7 Å². The molecule has 2 aromatic rings. The van der Waals surface area contributed by atoms with Crippen LogP contribution in [0.3, 0.4) is 0 Å². The van der Waals surface area contributed by atoms with Crippen molar-refractivity contribution in [3.05, 3.63) is 41.8 Å². The normalized spacial score (nSPS) is 22.4. The van der Waals surface area contributed by atoms with Crippen LogP contribution in [0.5, 0.6) is 0 Å². The Kier molecular flexibility index (Phi) is 7.02. The van der Waals surface area contributed by atoms with Gasteiger partial charge in [0.2, 0.25) is 0 Å². The van der Waals surface area contributed by atoms with E-state index in [9.17, 15) is 14.4 Å². The van der Waals surface area contributed by atoms with E-state index in [4.69, 9.17) is 10.5 Å². The van der Waals surface area contributed by atoms with Gasteiger partial charge in [-0.2, -0.15) is 10.4 Å². The van der Waals surface area contributed by atoms with E-state index >= 15 is 0 Å². The van der Waals surface area contributed by atoms with E-state index in [1.54, 1.807) is 23.0 Å². The van der Waals surface area contributed by atoms with Crippen LogP contribution in [0.15, 0.2) is 30.5 Å². The molecule has 1 aromatic carbocycles. The van der Waals surface area contributed by atoms with Crippen molar-refractivity contribution >= 4 is 17.4 Å². The highest BCUT2D eigenvalue weighted by atomic mass is 19.1. The Hall–Kier alpha value is -2.96. The molecule has 0 aliphatic carbocycles. The van der Waals surface area contributed by atoms with Crippen LogP contribution < -0.4 is 11.1 Å². The SMILES string of the molecule is N#CC1CN(CCC2CCOCC2)CCC1n1cc(C(N)=O)c(Nc2ccc(F)cc2)n1. The highest BCUT2D eigenvalue weighted by Crippen LogP contribution is 2.31. The van der Waals surface area contributed by atoms with Gasteiger partial charge in [0.05, 0.1) is 18.0 Å². The summed E-state index contributed by atoms with van der Waals surface area (Å²) in [5.41, 5.74) is 6.40. The van der Waals surface area contributed by atoms with Gasteiger partial charge in [0.1, 0.15) is 11.4 Å². The third-order valence-corrected chi connectivity index (χ3v) is 6.46. The molecule has 2 fully saturated rings. The van der Waals surface area contributed by atoms with Crippen LogP contribution in [0.4, 0.5) is 15.9 Å². The summed E-state index contributed by atoms with van der Waals surface area (Å²) in [5, 5.41) is 17.4. The van der Waals surface area contributed by atoms with Crippen molar-refractivity contribution in [3.63, 3.8) is 0 Å². The maximum Gasteiger partial charge on any atom is 0.254 e. The van der Waals surface area contributed by atoms with Crippen LogP contribution in [0.1, 0.15) is 42.1 Å². The molecule has 1 aromatic heterocycles. The zero-order valence-corrected chi connectivity index (χ0v) is 18.0. The lowest BCUT2D eigenvalue weighted by atomic mass is 9.92. The standard InChI is InChI=1S/C23H29FN6O2/c24-18-1-3-19(4-2-18)27-23-20(22(26)31)15-30(28-23)21-6-10-29(14-17(21)13-25)9-5-16-7-11-32-12-8-16/h1-4,15-17,21H,5-12,14H2,(H2,26,31)(H,27,28). The molecule has 2 aliphatic heterocycles. The second kappa shape index (κ2) is 10.1. The van der Waals surface area contributed by atoms with Gasteiger partial charge in [0, 0.05) is 38.2 Å². The molecule has 2 aliphatic rings. The van der Waals surface area contributed by atoms with Gasteiger partial charge in [-0.25, -0.2) is 4.39 Å². The van der Waals surface area contributed by atoms with Gasteiger partial charge in [0.15, 0.2) is 5.82 Å². The Balaban J connectivity index is 1.43. The molecule has 3 N–H and O–H groups in total. The number of nitrogens with two attached hydrogens (primary N) is 1. The van der Waals surface area contributed by atoms with Crippen LogP contribution in [-0.2, 0) is 4.74 Å². The van der Waals surface area contributed by atoms with Gasteiger partial charge in [-0.05, 0) is 62.4 Å². The third kappa shape index (κ3) is 5.26. The Bertz CT molecular complexity index is 964. The average molecular weight is 441 g/mol. The molecule has 0 bridgehead atoms. The molecule has 170 valence electrons. The predicted molar refractivity (Wildman–Crippen MR) is 118 cm³/mol. The number of likely N-dealkylation sites (tertiary alicyclic amines) is 1. The summed E-state index contributed by atoms with van der Waals surface area (Å²) in [6.45, 7) is 4.24. The molecule has 2 saturated heterocycles. The van der Waals surface area contributed by atoms with E-state index in [2.05, 4.69) is 21.4 Å². The average Bonchev–Trinajstić information content (AvgIpc) is 3.23. The first kappa shape index (κ1) is 22.2. The highest BCUT2D eigenvalue weighted by Gasteiger charge is 2.32. The second-order valence-corrected chi connectivity index (χ2v) is 8.60. The lowest BCUT2D eigenvalue weighted by molar-refractivity contribution is 0.0564. The van der Waals surface area contributed by atoms with Crippen LogP contribution in [0.25, 0.3) is 0 Å². The number of carbonyl (C=O) groups excluding carboxylic acids is 1. The van der Waals surface area contributed by atoms with Crippen molar-refractivity contribution in [3.8, 4) is 6.07 Å². The Morgan fingerprint density at radius 2 is 2.03 bits per heavy atom. The summed E-state index contributed by atoms with van der Waals surface area (Å²) in [7, 11) is 0. The van der Waals surface area contributed by atoms with Crippen molar-refractivity contribution in [1.29, 1.82) is 5.26 Å². The Labute approximate surface area is 187 Å². The Morgan fingerprint density at radius 1 is 1.28 bits per heavy atom. The number of anilines is 2.